The van der Waals surface area contributed by atoms with Crippen molar-refractivity contribution >= 4 is 11.8 Å². The molecule has 1 aromatic heterocycles. The van der Waals surface area contributed by atoms with E-state index in [-0.39, 0.29) is 24.7 Å². The third-order valence-electron chi connectivity index (χ3n) is 6.51. The summed E-state index contributed by atoms with van der Waals surface area (Å²) in [6.45, 7) is 1.47. The van der Waals surface area contributed by atoms with E-state index in [0.717, 1.165) is 11.1 Å². The number of nitrogens with zero attached hydrogens (tertiary/aromatic N) is 2. The topological polar surface area (TPSA) is 90.0 Å². The molecule has 2 amide bonds. The first kappa shape index (κ1) is 18.4. The van der Waals surface area contributed by atoms with Gasteiger partial charge in [0.15, 0.2) is 11.5 Å². The molecular weight excluding hydrogens is 398 g/mol. The number of carbonyl (C=O) groups is 2. The lowest BCUT2D eigenvalue weighted by molar-refractivity contribution is -0.137. The van der Waals surface area contributed by atoms with Crippen molar-refractivity contribution in [1.82, 2.24) is 15.2 Å². The van der Waals surface area contributed by atoms with Crippen LogP contribution in [0.25, 0.3) is 0 Å². The molecule has 1 aromatic carbocycles. The number of hydrogen-bond acceptors (Lipinski definition) is 6. The van der Waals surface area contributed by atoms with Gasteiger partial charge in [-0.1, -0.05) is 18.2 Å². The van der Waals surface area contributed by atoms with Crippen molar-refractivity contribution in [2.45, 2.75) is 24.8 Å². The van der Waals surface area contributed by atoms with E-state index >= 15 is 0 Å². The van der Waals surface area contributed by atoms with Gasteiger partial charge in [-0.15, -0.1) is 0 Å². The van der Waals surface area contributed by atoms with Gasteiger partial charge >= 0.3 is 0 Å². The fourth-order valence-corrected chi connectivity index (χ4v) is 5.08. The molecule has 5 heterocycles. The van der Waals surface area contributed by atoms with Crippen LogP contribution >= 0.6 is 0 Å². The highest BCUT2D eigenvalue weighted by atomic mass is 16.7. The van der Waals surface area contributed by atoms with E-state index in [2.05, 4.69) is 10.3 Å². The Morgan fingerprint density at radius 2 is 2.00 bits per heavy atom. The van der Waals surface area contributed by atoms with Crippen LogP contribution < -0.4 is 14.8 Å². The second-order valence-electron chi connectivity index (χ2n) is 8.36. The van der Waals surface area contributed by atoms with Crippen LogP contribution in [0.1, 0.15) is 11.1 Å². The maximum Gasteiger partial charge on any atom is 0.231 e. The molecule has 2 bridgehead atoms. The normalized spacial score (nSPS) is 29.5. The number of rotatable bonds is 5. The summed E-state index contributed by atoms with van der Waals surface area (Å²) in [4.78, 5) is 32.2. The molecule has 0 saturated carbocycles. The van der Waals surface area contributed by atoms with Gasteiger partial charge in [0.2, 0.25) is 18.6 Å². The van der Waals surface area contributed by atoms with Crippen LogP contribution in [0.3, 0.4) is 0 Å². The van der Waals surface area contributed by atoms with E-state index in [9.17, 15) is 9.59 Å². The quantitative estimate of drug-likeness (QED) is 0.737. The second kappa shape index (κ2) is 6.81. The zero-order chi connectivity index (χ0) is 21.0. The first-order chi connectivity index (χ1) is 15.1. The molecule has 2 saturated heterocycles. The molecule has 8 heteroatoms. The van der Waals surface area contributed by atoms with E-state index in [1.165, 1.54) is 0 Å². The van der Waals surface area contributed by atoms with Gasteiger partial charge in [0.1, 0.15) is 5.60 Å². The van der Waals surface area contributed by atoms with Gasteiger partial charge in [-0.3, -0.25) is 14.6 Å². The third-order valence-corrected chi connectivity index (χ3v) is 6.51. The Hall–Kier alpha value is -3.39. The lowest BCUT2D eigenvalue weighted by atomic mass is 9.77. The Kier molecular flexibility index (Phi) is 4.04. The number of benzene rings is 1. The molecule has 0 aliphatic carbocycles. The summed E-state index contributed by atoms with van der Waals surface area (Å²) in [6.07, 6.45) is 6.90. The molecular formula is C23H21N3O5. The molecule has 2 fully saturated rings. The molecule has 1 N–H and O–H groups in total. The molecule has 158 valence electrons. The zero-order valence-corrected chi connectivity index (χ0v) is 16.7. The highest BCUT2D eigenvalue weighted by Gasteiger charge is 2.66. The van der Waals surface area contributed by atoms with Gasteiger partial charge < -0.3 is 24.4 Å². The summed E-state index contributed by atoms with van der Waals surface area (Å²) in [5.41, 5.74) is 1.18. The SMILES string of the molecule is O=C(NCc1ccncc1)[C@H]1[C@H]2C(=O)N(Cc3ccc4c(c3)OCO4)C[C@]23C=C[C@H]1O3. The highest BCUT2D eigenvalue weighted by Crippen LogP contribution is 2.52. The summed E-state index contributed by atoms with van der Waals surface area (Å²) in [5.74, 6) is 0.163. The minimum Gasteiger partial charge on any atom is -0.454 e. The van der Waals surface area contributed by atoms with Crippen molar-refractivity contribution in [1.29, 1.82) is 0 Å². The molecule has 2 aromatic rings. The van der Waals surface area contributed by atoms with E-state index in [0.29, 0.717) is 31.1 Å². The number of ether oxygens (including phenoxy) is 3. The van der Waals surface area contributed by atoms with Gasteiger partial charge in [-0.25, -0.2) is 0 Å². The van der Waals surface area contributed by atoms with E-state index in [1.54, 1.807) is 17.3 Å². The second-order valence-corrected chi connectivity index (χ2v) is 8.36. The molecule has 4 atom stereocenters. The number of fused-ring (bicyclic) bond motifs is 2. The van der Waals surface area contributed by atoms with Crippen LogP contribution in [-0.2, 0) is 27.4 Å². The van der Waals surface area contributed by atoms with Gasteiger partial charge in [0, 0.05) is 25.5 Å². The average Bonchev–Trinajstić information content (AvgIpc) is 3.54. The monoisotopic (exact) mass is 419 g/mol. The number of aromatic nitrogens is 1. The summed E-state index contributed by atoms with van der Waals surface area (Å²) in [7, 11) is 0. The van der Waals surface area contributed by atoms with Crippen molar-refractivity contribution in [3.8, 4) is 11.5 Å². The van der Waals surface area contributed by atoms with Crippen LogP contribution in [0, 0.1) is 11.8 Å². The number of carbonyl (C=O) groups excluding carboxylic acids is 2. The number of amides is 2. The number of hydrogen-bond donors (Lipinski definition) is 1. The van der Waals surface area contributed by atoms with Crippen LogP contribution in [-0.4, -0.2) is 46.7 Å². The molecule has 0 radical (unpaired) electrons. The Bertz CT molecular complexity index is 1090. The molecule has 6 rings (SSSR count). The predicted octanol–water partition coefficient (Wildman–Crippen LogP) is 1.41. The summed E-state index contributed by atoms with van der Waals surface area (Å²) in [6, 6.07) is 9.39. The summed E-state index contributed by atoms with van der Waals surface area (Å²) >= 11 is 0. The molecule has 1 spiro atoms. The first-order valence-corrected chi connectivity index (χ1v) is 10.3. The van der Waals surface area contributed by atoms with Crippen molar-refractivity contribution < 1.29 is 23.8 Å². The maximum atomic E-state index is 13.4. The fraction of sp³-hybridized carbons (Fsp3) is 0.348. The van der Waals surface area contributed by atoms with Crippen molar-refractivity contribution in [3.63, 3.8) is 0 Å². The van der Waals surface area contributed by atoms with Crippen molar-refractivity contribution in [2.24, 2.45) is 11.8 Å². The van der Waals surface area contributed by atoms with E-state index in [1.807, 2.05) is 42.5 Å². The van der Waals surface area contributed by atoms with Crippen molar-refractivity contribution in [2.75, 3.05) is 13.3 Å². The van der Waals surface area contributed by atoms with Crippen LogP contribution in [0.2, 0.25) is 0 Å². The van der Waals surface area contributed by atoms with Crippen molar-refractivity contribution in [3.05, 3.63) is 66.0 Å². The van der Waals surface area contributed by atoms with Gasteiger partial charge in [-0.2, -0.15) is 0 Å². The minimum atomic E-state index is -0.725. The Labute approximate surface area is 178 Å². The Morgan fingerprint density at radius 1 is 1.16 bits per heavy atom. The van der Waals surface area contributed by atoms with Gasteiger partial charge in [-0.05, 0) is 35.4 Å². The fourth-order valence-electron chi connectivity index (χ4n) is 5.08. The molecule has 31 heavy (non-hydrogen) atoms. The zero-order valence-electron chi connectivity index (χ0n) is 16.7. The number of likely N-dealkylation sites (tertiary alicyclic amines) is 1. The largest absolute Gasteiger partial charge is 0.454 e. The summed E-state index contributed by atoms with van der Waals surface area (Å²) < 4.78 is 17.0. The molecule has 4 aliphatic rings. The molecule has 0 unspecified atom stereocenters. The van der Waals surface area contributed by atoms with E-state index < -0.39 is 17.4 Å². The Balaban J connectivity index is 1.19. The van der Waals surface area contributed by atoms with Gasteiger partial charge in [0.05, 0.1) is 24.5 Å². The summed E-state index contributed by atoms with van der Waals surface area (Å²) in [5, 5.41) is 2.97. The molecule has 8 nitrogen and oxygen atoms in total. The van der Waals surface area contributed by atoms with Gasteiger partial charge in [0.25, 0.3) is 0 Å². The van der Waals surface area contributed by atoms with Crippen LogP contribution in [0.15, 0.2) is 54.9 Å². The third kappa shape index (κ3) is 2.90. The van der Waals surface area contributed by atoms with Crippen LogP contribution in [0.5, 0.6) is 11.5 Å². The predicted molar refractivity (Wildman–Crippen MR) is 108 cm³/mol. The lowest BCUT2D eigenvalue weighted by Crippen LogP contribution is -2.43. The van der Waals surface area contributed by atoms with E-state index in [4.69, 9.17) is 14.2 Å². The lowest BCUT2D eigenvalue weighted by Gasteiger charge is -2.23. The highest BCUT2D eigenvalue weighted by molar-refractivity contribution is 5.93. The first-order valence-electron chi connectivity index (χ1n) is 10.3. The maximum absolute atomic E-state index is 13.4. The number of nitrogens with one attached hydrogen (secondary N) is 1. The van der Waals surface area contributed by atoms with Crippen LogP contribution in [0.4, 0.5) is 0 Å². The standard InChI is InChI=1S/C23H21N3O5/c27-21(25-10-14-4-7-24-8-5-14)19-17-3-6-23(31-17)12-26(22(28)20(19)23)11-15-1-2-16-18(9-15)30-13-29-16/h1-9,17,19-20H,10-13H2,(H,25,27)/t17-,19-,20+,23-/m1/s1. The smallest absolute Gasteiger partial charge is 0.231 e. The minimum absolute atomic E-state index is 0.0476. The average molecular weight is 419 g/mol. The Morgan fingerprint density at radius 3 is 2.87 bits per heavy atom. The number of pyridine rings is 1. The molecule has 4 aliphatic heterocycles.